The SMILES string of the molecule is CCOC(=O)c1ccc(C2=NC3=C(CCC=C3)Oc3ccc(F)cc32)cc1. The van der Waals surface area contributed by atoms with Crippen LogP contribution in [0, 0.1) is 5.82 Å². The average Bonchev–Trinajstić information content (AvgIpc) is 2.85. The third kappa shape index (κ3) is 3.40. The minimum Gasteiger partial charge on any atom is -0.462 e. The van der Waals surface area contributed by atoms with Crippen molar-refractivity contribution in [2.24, 2.45) is 4.99 Å². The number of fused-ring (bicyclic) bond motifs is 1. The van der Waals surface area contributed by atoms with E-state index in [1.165, 1.54) is 12.1 Å². The van der Waals surface area contributed by atoms with Crippen LogP contribution < -0.4 is 4.74 Å². The van der Waals surface area contributed by atoms with E-state index in [-0.39, 0.29) is 11.8 Å². The maximum Gasteiger partial charge on any atom is 0.338 e. The lowest BCUT2D eigenvalue weighted by Gasteiger charge is -2.13. The number of hydrogen-bond donors (Lipinski definition) is 0. The maximum atomic E-state index is 13.9. The average molecular weight is 363 g/mol. The van der Waals surface area contributed by atoms with Gasteiger partial charge in [-0.3, -0.25) is 0 Å². The van der Waals surface area contributed by atoms with Crippen molar-refractivity contribution < 1.29 is 18.7 Å². The van der Waals surface area contributed by atoms with Gasteiger partial charge >= 0.3 is 5.97 Å². The fraction of sp³-hybridized carbons (Fsp3) is 0.182. The summed E-state index contributed by atoms with van der Waals surface area (Å²) in [5, 5.41) is 0. The van der Waals surface area contributed by atoms with Crippen LogP contribution >= 0.6 is 0 Å². The molecule has 0 saturated carbocycles. The third-order valence-electron chi connectivity index (χ3n) is 4.43. The number of halogens is 1. The second kappa shape index (κ2) is 7.19. The summed E-state index contributed by atoms with van der Waals surface area (Å²) in [4.78, 5) is 16.6. The molecular formula is C22H18FNO3. The van der Waals surface area contributed by atoms with Crippen molar-refractivity contribution in [2.75, 3.05) is 6.61 Å². The van der Waals surface area contributed by atoms with Gasteiger partial charge in [-0.05, 0) is 49.8 Å². The van der Waals surface area contributed by atoms with Crippen LogP contribution in [0.2, 0.25) is 0 Å². The molecule has 0 radical (unpaired) electrons. The monoisotopic (exact) mass is 363 g/mol. The summed E-state index contributed by atoms with van der Waals surface area (Å²) in [7, 11) is 0. The van der Waals surface area contributed by atoms with Crippen LogP contribution in [0.3, 0.4) is 0 Å². The first-order chi connectivity index (χ1) is 13.2. The Morgan fingerprint density at radius 2 is 2.04 bits per heavy atom. The lowest BCUT2D eigenvalue weighted by atomic mass is 10.00. The van der Waals surface area contributed by atoms with Crippen molar-refractivity contribution in [2.45, 2.75) is 19.8 Å². The number of carbonyl (C=O) groups excluding carboxylic acids is 1. The highest BCUT2D eigenvalue weighted by Crippen LogP contribution is 2.33. The molecule has 0 aromatic heterocycles. The molecule has 4 nitrogen and oxygen atoms in total. The molecule has 27 heavy (non-hydrogen) atoms. The Hall–Kier alpha value is -3.21. The van der Waals surface area contributed by atoms with Crippen LogP contribution in [0.15, 0.2) is 71.1 Å². The standard InChI is InChI=1S/C22H18FNO3/c1-2-26-22(25)15-9-7-14(8-10-15)21-17-13-16(23)11-12-19(17)27-20-6-4-3-5-18(20)24-21/h3,5,7-13H,2,4,6H2,1H3. The molecule has 0 spiro atoms. The molecule has 4 rings (SSSR count). The van der Waals surface area contributed by atoms with E-state index in [0.29, 0.717) is 29.2 Å². The van der Waals surface area contributed by atoms with Crippen molar-refractivity contribution in [1.29, 1.82) is 0 Å². The first kappa shape index (κ1) is 17.2. The van der Waals surface area contributed by atoms with Crippen molar-refractivity contribution in [3.8, 4) is 5.75 Å². The third-order valence-corrected chi connectivity index (χ3v) is 4.43. The number of hydrogen-bond acceptors (Lipinski definition) is 4. The molecule has 2 aromatic carbocycles. The normalized spacial score (nSPS) is 15.3. The predicted molar refractivity (Wildman–Crippen MR) is 100 cm³/mol. The van der Waals surface area contributed by atoms with Crippen LogP contribution in [0.1, 0.15) is 41.3 Å². The number of carbonyl (C=O) groups is 1. The Kier molecular flexibility index (Phi) is 4.59. The van der Waals surface area contributed by atoms with E-state index in [0.717, 1.165) is 29.9 Å². The molecule has 136 valence electrons. The fourth-order valence-electron chi connectivity index (χ4n) is 3.12. The number of aliphatic imine (C=N–C) groups is 1. The molecule has 2 aliphatic rings. The number of benzene rings is 2. The summed E-state index contributed by atoms with van der Waals surface area (Å²) < 4.78 is 25.0. The van der Waals surface area contributed by atoms with Crippen molar-refractivity contribution >= 4 is 11.7 Å². The molecule has 1 aliphatic carbocycles. The Bertz CT molecular complexity index is 987. The number of ether oxygens (including phenoxy) is 2. The number of esters is 1. The highest BCUT2D eigenvalue weighted by atomic mass is 19.1. The van der Waals surface area contributed by atoms with Gasteiger partial charge in [-0.1, -0.05) is 18.2 Å². The number of allylic oxidation sites excluding steroid dienone is 3. The van der Waals surface area contributed by atoms with Gasteiger partial charge in [-0.25, -0.2) is 14.2 Å². The summed E-state index contributed by atoms with van der Waals surface area (Å²) in [6, 6.07) is 11.4. The van der Waals surface area contributed by atoms with Crippen LogP contribution in [-0.4, -0.2) is 18.3 Å². The molecule has 0 saturated heterocycles. The fourth-order valence-corrected chi connectivity index (χ4v) is 3.12. The smallest absolute Gasteiger partial charge is 0.338 e. The van der Waals surface area contributed by atoms with Gasteiger partial charge in [0.2, 0.25) is 0 Å². The molecule has 0 atom stereocenters. The lowest BCUT2D eigenvalue weighted by Crippen LogP contribution is -2.07. The zero-order valence-electron chi connectivity index (χ0n) is 14.9. The molecular weight excluding hydrogens is 345 g/mol. The van der Waals surface area contributed by atoms with Crippen LogP contribution in [0.25, 0.3) is 0 Å². The minimum absolute atomic E-state index is 0.320. The van der Waals surface area contributed by atoms with Gasteiger partial charge in [0.05, 0.1) is 17.9 Å². The molecule has 1 heterocycles. The van der Waals surface area contributed by atoms with Crippen molar-refractivity contribution in [3.63, 3.8) is 0 Å². The van der Waals surface area contributed by atoms with E-state index >= 15 is 0 Å². The Morgan fingerprint density at radius 3 is 2.81 bits per heavy atom. The van der Waals surface area contributed by atoms with Crippen LogP contribution in [0.5, 0.6) is 5.75 Å². The molecule has 1 aliphatic heterocycles. The Morgan fingerprint density at radius 1 is 1.22 bits per heavy atom. The number of nitrogens with zero attached hydrogens (tertiary/aromatic N) is 1. The van der Waals surface area contributed by atoms with E-state index in [2.05, 4.69) is 0 Å². The highest BCUT2D eigenvalue weighted by Gasteiger charge is 2.22. The van der Waals surface area contributed by atoms with E-state index in [4.69, 9.17) is 14.5 Å². The summed E-state index contributed by atoms with van der Waals surface area (Å²) >= 11 is 0. The second-order valence-electron chi connectivity index (χ2n) is 6.25. The first-order valence-electron chi connectivity index (χ1n) is 8.89. The van der Waals surface area contributed by atoms with Gasteiger partial charge in [0.25, 0.3) is 0 Å². The van der Waals surface area contributed by atoms with E-state index in [1.54, 1.807) is 37.3 Å². The molecule has 0 N–H and O–H groups in total. The molecule has 0 bridgehead atoms. The highest BCUT2D eigenvalue weighted by molar-refractivity contribution is 6.15. The molecule has 0 unspecified atom stereocenters. The van der Waals surface area contributed by atoms with Crippen LogP contribution in [0.4, 0.5) is 4.39 Å². The van der Waals surface area contributed by atoms with Gasteiger partial charge in [-0.15, -0.1) is 0 Å². The van der Waals surface area contributed by atoms with Crippen molar-refractivity contribution in [1.82, 2.24) is 0 Å². The first-order valence-corrected chi connectivity index (χ1v) is 8.89. The van der Waals surface area contributed by atoms with E-state index in [1.807, 2.05) is 12.2 Å². The quantitative estimate of drug-likeness (QED) is 0.737. The van der Waals surface area contributed by atoms with Gasteiger partial charge in [0, 0.05) is 17.5 Å². The van der Waals surface area contributed by atoms with Gasteiger partial charge in [-0.2, -0.15) is 0 Å². The van der Waals surface area contributed by atoms with Gasteiger partial charge < -0.3 is 9.47 Å². The molecule has 0 amide bonds. The minimum atomic E-state index is -0.373. The molecule has 0 fully saturated rings. The maximum absolute atomic E-state index is 13.9. The summed E-state index contributed by atoms with van der Waals surface area (Å²) in [5.74, 6) is 0.624. The largest absolute Gasteiger partial charge is 0.462 e. The Balaban J connectivity index is 1.81. The number of rotatable bonds is 3. The zero-order valence-corrected chi connectivity index (χ0v) is 14.9. The van der Waals surface area contributed by atoms with E-state index in [9.17, 15) is 9.18 Å². The Labute approximate surface area is 156 Å². The van der Waals surface area contributed by atoms with Crippen LogP contribution in [-0.2, 0) is 4.74 Å². The van der Waals surface area contributed by atoms with E-state index < -0.39 is 0 Å². The van der Waals surface area contributed by atoms with Gasteiger partial charge in [0.1, 0.15) is 23.0 Å². The summed E-state index contributed by atoms with van der Waals surface area (Å²) in [6.07, 6.45) is 5.60. The van der Waals surface area contributed by atoms with Gasteiger partial charge in [0.15, 0.2) is 0 Å². The predicted octanol–water partition coefficient (Wildman–Crippen LogP) is 4.79. The van der Waals surface area contributed by atoms with Crippen molar-refractivity contribution in [3.05, 3.63) is 88.6 Å². The molecule has 2 aromatic rings. The lowest BCUT2D eigenvalue weighted by molar-refractivity contribution is 0.0526. The topological polar surface area (TPSA) is 47.9 Å². The summed E-state index contributed by atoms with van der Waals surface area (Å²) in [6.45, 7) is 2.08. The zero-order chi connectivity index (χ0) is 18.8. The second-order valence-corrected chi connectivity index (χ2v) is 6.25. The summed E-state index contributed by atoms with van der Waals surface area (Å²) in [5.41, 5.74) is 3.16. The molecule has 5 heteroatoms.